The highest BCUT2D eigenvalue weighted by Gasteiger charge is 2.20. The Kier molecular flexibility index (Phi) is 5.39. The number of benzene rings is 1. The van der Waals surface area contributed by atoms with Crippen LogP contribution in [0.25, 0.3) is 0 Å². The van der Waals surface area contributed by atoms with Gasteiger partial charge in [0.25, 0.3) is 0 Å². The Morgan fingerprint density at radius 3 is 2.33 bits per heavy atom. The van der Waals surface area contributed by atoms with Crippen LogP contribution in [0.1, 0.15) is 19.4 Å². The molecule has 1 aromatic carbocycles. The number of rotatable bonds is 5. The molecule has 0 saturated carbocycles. The minimum Gasteiger partial charge on any atom is -0.390 e. The zero-order valence-electron chi connectivity index (χ0n) is 9.41. The predicted molar refractivity (Wildman–Crippen MR) is 67.1 cm³/mol. The molecule has 1 rings (SSSR count). The van der Waals surface area contributed by atoms with Crippen molar-refractivity contribution < 1.29 is 8.85 Å². The standard InChI is InChI=1S/C11H17O2SSi/c1-4-12-15(13-5-2)11-8-9(3)6-7-10(11)14/h6-8,14H,4-5H2,1-3H3. The van der Waals surface area contributed by atoms with Crippen molar-refractivity contribution in [2.24, 2.45) is 0 Å². The van der Waals surface area contributed by atoms with Gasteiger partial charge in [0.1, 0.15) is 0 Å². The molecule has 0 bridgehead atoms. The van der Waals surface area contributed by atoms with E-state index in [1.807, 2.05) is 26.0 Å². The first-order chi connectivity index (χ1) is 7.19. The van der Waals surface area contributed by atoms with E-state index in [4.69, 9.17) is 8.85 Å². The summed E-state index contributed by atoms with van der Waals surface area (Å²) in [5, 5.41) is 1.10. The Morgan fingerprint density at radius 1 is 1.20 bits per heavy atom. The Hall–Kier alpha value is -0.293. The van der Waals surface area contributed by atoms with E-state index >= 15 is 0 Å². The third-order valence-corrected chi connectivity index (χ3v) is 4.48. The Morgan fingerprint density at radius 2 is 1.80 bits per heavy atom. The molecule has 1 radical (unpaired) electrons. The summed E-state index contributed by atoms with van der Waals surface area (Å²) < 4.78 is 11.3. The van der Waals surface area contributed by atoms with Gasteiger partial charge in [-0.25, -0.2) is 0 Å². The molecule has 0 aromatic heterocycles. The maximum Gasteiger partial charge on any atom is 0.424 e. The summed E-state index contributed by atoms with van der Waals surface area (Å²) in [7, 11) is -1.35. The molecule has 0 aliphatic rings. The van der Waals surface area contributed by atoms with Crippen LogP contribution >= 0.6 is 12.6 Å². The fourth-order valence-electron chi connectivity index (χ4n) is 1.27. The maximum absolute atomic E-state index is 5.64. The van der Waals surface area contributed by atoms with Crippen molar-refractivity contribution in [3.05, 3.63) is 23.8 Å². The van der Waals surface area contributed by atoms with Crippen LogP contribution in [-0.4, -0.2) is 22.5 Å². The lowest BCUT2D eigenvalue weighted by Crippen LogP contribution is -2.38. The van der Waals surface area contributed by atoms with E-state index in [2.05, 4.69) is 25.6 Å². The lowest BCUT2D eigenvalue weighted by molar-refractivity contribution is 0.225. The topological polar surface area (TPSA) is 18.5 Å². The van der Waals surface area contributed by atoms with Crippen LogP contribution in [0.5, 0.6) is 0 Å². The van der Waals surface area contributed by atoms with Crippen LogP contribution in [0.4, 0.5) is 0 Å². The third kappa shape index (κ3) is 3.64. The second kappa shape index (κ2) is 6.32. The highest BCUT2D eigenvalue weighted by atomic mass is 32.1. The molecule has 4 heteroatoms. The van der Waals surface area contributed by atoms with Gasteiger partial charge in [0.2, 0.25) is 0 Å². The van der Waals surface area contributed by atoms with Crippen molar-refractivity contribution in [3.63, 3.8) is 0 Å². The molecule has 0 fully saturated rings. The smallest absolute Gasteiger partial charge is 0.390 e. The van der Waals surface area contributed by atoms with Crippen molar-refractivity contribution in [2.45, 2.75) is 25.7 Å². The lowest BCUT2D eigenvalue weighted by atomic mass is 10.2. The first kappa shape index (κ1) is 12.8. The monoisotopic (exact) mass is 241 g/mol. The second-order valence-corrected chi connectivity index (χ2v) is 5.35. The molecule has 83 valence electrons. The van der Waals surface area contributed by atoms with Crippen LogP contribution in [0, 0.1) is 6.92 Å². The van der Waals surface area contributed by atoms with E-state index in [9.17, 15) is 0 Å². The molecule has 0 aliphatic carbocycles. The molecule has 0 spiro atoms. The van der Waals surface area contributed by atoms with E-state index in [0.29, 0.717) is 13.2 Å². The van der Waals surface area contributed by atoms with E-state index in [0.717, 1.165) is 10.1 Å². The minimum atomic E-state index is -1.35. The van der Waals surface area contributed by atoms with Crippen molar-refractivity contribution in [1.29, 1.82) is 0 Å². The third-order valence-electron chi connectivity index (χ3n) is 1.92. The molecular formula is C11H17O2SSi. The zero-order chi connectivity index (χ0) is 11.3. The van der Waals surface area contributed by atoms with Crippen molar-refractivity contribution in [1.82, 2.24) is 0 Å². The summed E-state index contributed by atoms with van der Waals surface area (Å²) >= 11 is 4.44. The van der Waals surface area contributed by atoms with Gasteiger partial charge in [-0.3, -0.25) is 0 Å². The summed E-state index contributed by atoms with van der Waals surface area (Å²) in [6.45, 7) is 7.38. The normalized spacial score (nSPS) is 11.0. The van der Waals surface area contributed by atoms with Gasteiger partial charge in [0, 0.05) is 23.3 Å². The number of hydrogen-bond donors (Lipinski definition) is 1. The first-order valence-electron chi connectivity index (χ1n) is 5.11. The SMILES string of the molecule is CCO[Si](OCC)c1cc(C)ccc1S. The Balaban J connectivity index is 2.93. The average Bonchev–Trinajstić information content (AvgIpc) is 2.21. The summed E-state index contributed by atoms with van der Waals surface area (Å²) in [6, 6.07) is 6.14. The van der Waals surface area contributed by atoms with Gasteiger partial charge in [-0.15, -0.1) is 12.6 Å². The molecule has 0 unspecified atom stereocenters. The van der Waals surface area contributed by atoms with Gasteiger partial charge in [0.05, 0.1) is 0 Å². The van der Waals surface area contributed by atoms with Gasteiger partial charge in [-0.05, 0) is 26.8 Å². The molecule has 2 nitrogen and oxygen atoms in total. The number of hydrogen-bond acceptors (Lipinski definition) is 3. The highest BCUT2D eigenvalue weighted by molar-refractivity contribution is 7.80. The molecule has 0 heterocycles. The number of thiol groups is 1. The average molecular weight is 241 g/mol. The van der Waals surface area contributed by atoms with Crippen molar-refractivity contribution in [2.75, 3.05) is 13.2 Å². The summed E-state index contributed by atoms with van der Waals surface area (Å²) in [5.74, 6) is 0. The van der Waals surface area contributed by atoms with E-state index in [1.54, 1.807) is 0 Å². The predicted octanol–water partition coefficient (Wildman–Crippen LogP) is 2.05. The van der Waals surface area contributed by atoms with Crippen LogP contribution in [0.2, 0.25) is 0 Å². The van der Waals surface area contributed by atoms with E-state index < -0.39 is 9.28 Å². The Labute approximate surface area is 98.9 Å². The molecule has 0 atom stereocenters. The zero-order valence-corrected chi connectivity index (χ0v) is 11.3. The first-order valence-corrected chi connectivity index (χ1v) is 6.88. The summed E-state index contributed by atoms with van der Waals surface area (Å²) in [6.07, 6.45) is 0. The van der Waals surface area contributed by atoms with E-state index in [-0.39, 0.29) is 0 Å². The van der Waals surface area contributed by atoms with E-state index in [1.165, 1.54) is 5.56 Å². The van der Waals surface area contributed by atoms with Crippen LogP contribution < -0.4 is 5.19 Å². The molecular weight excluding hydrogens is 224 g/mol. The molecule has 0 aliphatic heterocycles. The largest absolute Gasteiger partial charge is 0.424 e. The fourth-order valence-corrected chi connectivity index (χ4v) is 3.24. The number of aryl methyl sites for hydroxylation is 1. The van der Waals surface area contributed by atoms with Gasteiger partial charge < -0.3 is 8.85 Å². The van der Waals surface area contributed by atoms with Crippen LogP contribution in [0.15, 0.2) is 23.1 Å². The van der Waals surface area contributed by atoms with Gasteiger partial charge >= 0.3 is 9.28 Å². The minimum absolute atomic E-state index is 0.676. The quantitative estimate of drug-likeness (QED) is 0.628. The molecule has 1 aromatic rings. The van der Waals surface area contributed by atoms with Crippen molar-refractivity contribution >= 4 is 27.1 Å². The maximum atomic E-state index is 5.64. The lowest BCUT2D eigenvalue weighted by Gasteiger charge is -2.15. The van der Waals surface area contributed by atoms with Crippen LogP contribution in [-0.2, 0) is 8.85 Å². The molecule has 0 saturated heterocycles. The molecule has 15 heavy (non-hydrogen) atoms. The summed E-state index contributed by atoms with van der Waals surface area (Å²) in [5.41, 5.74) is 1.21. The fraction of sp³-hybridized carbons (Fsp3) is 0.455. The van der Waals surface area contributed by atoms with Crippen molar-refractivity contribution in [3.8, 4) is 0 Å². The Bertz CT molecular complexity index is 311. The summed E-state index contributed by atoms with van der Waals surface area (Å²) in [4.78, 5) is 0.955. The van der Waals surface area contributed by atoms with Gasteiger partial charge in [-0.1, -0.05) is 17.7 Å². The highest BCUT2D eigenvalue weighted by Crippen LogP contribution is 2.07. The second-order valence-electron chi connectivity index (χ2n) is 3.17. The molecule has 0 amide bonds. The molecule has 0 N–H and O–H groups in total. The van der Waals surface area contributed by atoms with Crippen LogP contribution in [0.3, 0.4) is 0 Å². The van der Waals surface area contributed by atoms with Gasteiger partial charge in [0.15, 0.2) is 0 Å². The van der Waals surface area contributed by atoms with Gasteiger partial charge in [-0.2, -0.15) is 0 Å².